The molecule has 1 saturated heterocycles. The number of rotatable bonds is 2. The van der Waals surface area contributed by atoms with E-state index < -0.39 is 17.6 Å². The Labute approximate surface area is 151 Å². The van der Waals surface area contributed by atoms with Crippen molar-refractivity contribution >= 4 is 29.1 Å². The zero-order chi connectivity index (χ0) is 18.3. The van der Waals surface area contributed by atoms with Crippen molar-refractivity contribution in [3.63, 3.8) is 0 Å². The lowest BCUT2D eigenvalue weighted by Gasteiger charge is -2.32. The number of anilines is 2. The highest BCUT2D eigenvalue weighted by Gasteiger charge is 2.36. The van der Waals surface area contributed by atoms with Crippen molar-refractivity contribution in [2.45, 2.75) is 38.5 Å². The Morgan fingerprint density at radius 2 is 1.96 bits per heavy atom. The van der Waals surface area contributed by atoms with Crippen molar-refractivity contribution in [1.29, 1.82) is 0 Å². The number of likely N-dealkylation sites (tertiary alicyclic amines) is 1. The first-order valence-corrected chi connectivity index (χ1v) is 9.24. The van der Waals surface area contributed by atoms with Gasteiger partial charge < -0.3 is 15.5 Å². The van der Waals surface area contributed by atoms with Gasteiger partial charge in [0.05, 0.1) is 5.69 Å². The summed E-state index contributed by atoms with van der Waals surface area (Å²) in [4.78, 5) is 37.9. The van der Waals surface area contributed by atoms with Gasteiger partial charge in [0.2, 0.25) is 5.91 Å². The van der Waals surface area contributed by atoms with E-state index in [1.165, 1.54) is 25.0 Å². The number of hydrogen-bond acceptors (Lipinski definition) is 3. The highest BCUT2D eigenvalue weighted by atomic mass is 19.1. The van der Waals surface area contributed by atoms with E-state index in [-0.39, 0.29) is 11.6 Å². The number of benzene rings is 1. The first-order valence-electron chi connectivity index (χ1n) is 9.24. The van der Waals surface area contributed by atoms with Crippen molar-refractivity contribution in [1.82, 2.24) is 4.90 Å². The fraction of sp³-hybridized carbons (Fsp3) is 0.526. The molecular weight excluding hydrogens is 337 g/mol. The van der Waals surface area contributed by atoms with Gasteiger partial charge in [0, 0.05) is 25.2 Å². The van der Waals surface area contributed by atoms with Gasteiger partial charge in [-0.15, -0.1) is 0 Å². The molecule has 0 aromatic heterocycles. The third kappa shape index (κ3) is 3.43. The molecule has 1 unspecified atom stereocenters. The summed E-state index contributed by atoms with van der Waals surface area (Å²) in [5.41, 5.74) is 1.09. The van der Waals surface area contributed by atoms with Crippen molar-refractivity contribution in [3.05, 3.63) is 23.5 Å². The number of hydrogen-bond donors (Lipinski definition) is 2. The molecule has 1 aromatic carbocycles. The maximum absolute atomic E-state index is 14.3. The molecule has 2 aliphatic heterocycles. The van der Waals surface area contributed by atoms with Crippen LogP contribution in [0.15, 0.2) is 12.1 Å². The molecule has 138 valence electrons. The Balaban J connectivity index is 1.44. The molecule has 4 rings (SSSR count). The Morgan fingerprint density at radius 3 is 2.73 bits per heavy atom. The lowest BCUT2D eigenvalue weighted by Crippen LogP contribution is -2.45. The minimum absolute atomic E-state index is 0.0833. The van der Waals surface area contributed by atoms with E-state index >= 15 is 0 Å². The molecule has 3 amide bonds. The predicted molar refractivity (Wildman–Crippen MR) is 94.0 cm³/mol. The van der Waals surface area contributed by atoms with Crippen LogP contribution in [0.4, 0.5) is 15.8 Å². The Bertz CT molecular complexity index is 776. The molecule has 3 aliphatic rings. The first kappa shape index (κ1) is 17.0. The van der Waals surface area contributed by atoms with Crippen molar-refractivity contribution in [3.8, 4) is 0 Å². The van der Waals surface area contributed by atoms with Crippen LogP contribution in [0.25, 0.3) is 0 Å². The molecule has 1 aliphatic carbocycles. The minimum Gasteiger partial charge on any atom is -0.334 e. The van der Waals surface area contributed by atoms with Gasteiger partial charge in [-0.05, 0) is 61.6 Å². The summed E-state index contributed by atoms with van der Waals surface area (Å²) in [6.45, 7) is 1.18. The smallest absolute Gasteiger partial charge is 0.313 e. The van der Waals surface area contributed by atoms with Crippen LogP contribution in [0.5, 0.6) is 0 Å². The van der Waals surface area contributed by atoms with E-state index in [0.29, 0.717) is 49.0 Å². The van der Waals surface area contributed by atoms with Crippen molar-refractivity contribution in [2.24, 2.45) is 11.8 Å². The number of carbonyl (C=O) groups is 3. The Morgan fingerprint density at radius 1 is 1.15 bits per heavy atom. The molecule has 6 nitrogen and oxygen atoms in total. The SMILES string of the molecule is O=C1CCc2cc(F)c(NC(=O)C(=O)N3CCCC(C4CC4)C3)cc2N1. The Kier molecular flexibility index (Phi) is 4.38. The molecule has 0 spiro atoms. The standard InChI is InChI=1S/C19H22FN3O3/c20-14-8-12-5-6-17(24)21-15(12)9-16(14)22-18(25)19(26)23-7-1-2-13(10-23)11-3-4-11/h8-9,11,13H,1-7,10H2,(H,21,24)(H,22,25). The van der Waals surface area contributed by atoms with Gasteiger partial charge in [0.25, 0.3) is 0 Å². The maximum atomic E-state index is 14.3. The predicted octanol–water partition coefficient (Wildman–Crippen LogP) is 2.30. The van der Waals surface area contributed by atoms with Gasteiger partial charge in [-0.25, -0.2) is 4.39 Å². The number of aryl methyl sites for hydroxylation is 1. The van der Waals surface area contributed by atoms with E-state index in [1.54, 1.807) is 4.90 Å². The second kappa shape index (κ2) is 6.70. The van der Waals surface area contributed by atoms with Crippen LogP contribution >= 0.6 is 0 Å². The van der Waals surface area contributed by atoms with E-state index in [4.69, 9.17) is 0 Å². The number of nitrogens with one attached hydrogen (secondary N) is 2. The van der Waals surface area contributed by atoms with Gasteiger partial charge >= 0.3 is 11.8 Å². The quantitative estimate of drug-likeness (QED) is 0.796. The van der Waals surface area contributed by atoms with Crippen molar-refractivity contribution in [2.75, 3.05) is 23.7 Å². The summed E-state index contributed by atoms with van der Waals surface area (Å²) in [6.07, 6.45) is 5.21. The largest absolute Gasteiger partial charge is 0.334 e. The number of halogens is 1. The lowest BCUT2D eigenvalue weighted by molar-refractivity contribution is -0.144. The molecule has 1 saturated carbocycles. The van der Waals surface area contributed by atoms with Crippen LogP contribution in [0.3, 0.4) is 0 Å². The number of amides is 3. The minimum atomic E-state index is -0.831. The molecule has 2 N–H and O–H groups in total. The third-order valence-electron chi connectivity index (χ3n) is 5.56. The summed E-state index contributed by atoms with van der Waals surface area (Å²) < 4.78 is 14.3. The molecule has 1 atom stereocenters. The van der Waals surface area contributed by atoms with E-state index in [1.807, 2.05) is 0 Å². The summed E-state index contributed by atoms with van der Waals surface area (Å²) in [5.74, 6) is -1.02. The van der Waals surface area contributed by atoms with Gasteiger partial charge in [0.15, 0.2) is 0 Å². The molecule has 0 radical (unpaired) electrons. The first-order chi connectivity index (χ1) is 12.5. The van der Waals surface area contributed by atoms with Gasteiger partial charge in [-0.1, -0.05) is 0 Å². The second-order valence-electron chi connectivity index (χ2n) is 7.48. The van der Waals surface area contributed by atoms with Gasteiger partial charge in [-0.3, -0.25) is 14.4 Å². The monoisotopic (exact) mass is 359 g/mol. The average Bonchev–Trinajstić information content (AvgIpc) is 3.47. The van der Waals surface area contributed by atoms with Crippen LogP contribution in [0.2, 0.25) is 0 Å². The van der Waals surface area contributed by atoms with Gasteiger partial charge in [0.1, 0.15) is 5.82 Å². The zero-order valence-corrected chi connectivity index (χ0v) is 14.5. The topological polar surface area (TPSA) is 78.5 Å². The van der Waals surface area contributed by atoms with Crippen LogP contribution in [-0.2, 0) is 20.8 Å². The van der Waals surface area contributed by atoms with Crippen LogP contribution in [0, 0.1) is 17.7 Å². The van der Waals surface area contributed by atoms with E-state index in [9.17, 15) is 18.8 Å². The number of fused-ring (bicyclic) bond motifs is 1. The highest BCUT2D eigenvalue weighted by Crippen LogP contribution is 2.41. The van der Waals surface area contributed by atoms with Gasteiger partial charge in [-0.2, -0.15) is 0 Å². The van der Waals surface area contributed by atoms with Crippen molar-refractivity contribution < 1.29 is 18.8 Å². The Hall–Kier alpha value is -2.44. The second-order valence-corrected chi connectivity index (χ2v) is 7.48. The average molecular weight is 359 g/mol. The molecule has 1 aromatic rings. The summed E-state index contributed by atoms with van der Waals surface area (Å²) >= 11 is 0. The van der Waals surface area contributed by atoms with E-state index in [2.05, 4.69) is 10.6 Å². The number of nitrogens with zero attached hydrogens (tertiary/aromatic N) is 1. The lowest BCUT2D eigenvalue weighted by atomic mass is 9.93. The third-order valence-corrected chi connectivity index (χ3v) is 5.56. The normalized spacial score (nSPS) is 22.4. The van der Waals surface area contributed by atoms with Crippen LogP contribution in [0.1, 0.15) is 37.7 Å². The molecule has 2 fully saturated rings. The zero-order valence-electron chi connectivity index (χ0n) is 14.5. The van der Waals surface area contributed by atoms with Crippen LogP contribution < -0.4 is 10.6 Å². The molecular formula is C19H22FN3O3. The summed E-state index contributed by atoms with van der Waals surface area (Å²) in [6, 6.07) is 2.69. The molecule has 26 heavy (non-hydrogen) atoms. The maximum Gasteiger partial charge on any atom is 0.313 e. The number of piperidine rings is 1. The van der Waals surface area contributed by atoms with Crippen LogP contribution in [-0.4, -0.2) is 35.7 Å². The fourth-order valence-corrected chi connectivity index (χ4v) is 3.96. The molecule has 7 heteroatoms. The highest BCUT2D eigenvalue weighted by molar-refractivity contribution is 6.39. The molecule has 0 bridgehead atoms. The fourth-order valence-electron chi connectivity index (χ4n) is 3.96. The summed E-state index contributed by atoms with van der Waals surface area (Å²) in [5, 5.41) is 5.04. The van der Waals surface area contributed by atoms with E-state index in [0.717, 1.165) is 12.8 Å². The number of carbonyl (C=O) groups excluding carboxylic acids is 3. The summed E-state index contributed by atoms with van der Waals surface area (Å²) in [7, 11) is 0. The molecule has 2 heterocycles.